The molecule has 0 atom stereocenters. The van der Waals surface area contributed by atoms with Crippen LogP contribution >= 0.6 is 0 Å². The van der Waals surface area contributed by atoms with E-state index in [2.05, 4.69) is 0 Å². The predicted molar refractivity (Wildman–Crippen MR) is 89.0 cm³/mol. The van der Waals surface area contributed by atoms with Crippen molar-refractivity contribution in [3.05, 3.63) is 23.8 Å². The average Bonchev–Trinajstić information content (AvgIpc) is 3.43. The molecule has 2 fully saturated rings. The molecule has 1 aliphatic heterocycles. The van der Waals surface area contributed by atoms with Crippen molar-refractivity contribution < 1.29 is 19.1 Å². The van der Waals surface area contributed by atoms with E-state index in [4.69, 9.17) is 15.2 Å². The number of methoxy groups -OCH3 is 1. The van der Waals surface area contributed by atoms with Crippen LogP contribution in [0.3, 0.4) is 0 Å². The minimum atomic E-state index is -0.278. The zero-order valence-electron chi connectivity index (χ0n) is 14.0. The van der Waals surface area contributed by atoms with Gasteiger partial charge in [-0.25, -0.2) is 0 Å². The highest BCUT2D eigenvalue weighted by Crippen LogP contribution is 2.32. The highest BCUT2D eigenvalue weighted by Gasteiger charge is 2.29. The van der Waals surface area contributed by atoms with Crippen LogP contribution < -0.4 is 15.2 Å². The van der Waals surface area contributed by atoms with Gasteiger partial charge in [0.05, 0.1) is 19.3 Å². The molecule has 2 N–H and O–H groups in total. The van der Waals surface area contributed by atoms with Crippen molar-refractivity contribution in [3.8, 4) is 11.5 Å². The molecule has 6 heteroatoms. The van der Waals surface area contributed by atoms with Crippen LogP contribution in [-0.4, -0.2) is 43.5 Å². The molecule has 1 heterocycles. The molecule has 3 rings (SSSR count). The van der Waals surface area contributed by atoms with Crippen LogP contribution in [0.15, 0.2) is 18.2 Å². The van der Waals surface area contributed by atoms with E-state index >= 15 is 0 Å². The summed E-state index contributed by atoms with van der Waals surface area (Å²) in [7, 11) is 1.59. The third-order valence-corrected chi connectivity index (χ3v) is 4.78. The van der Waals surface area contributed by atoms with E-state index in [9.17, 15) is 9.59 Å². The van der Waals surface area contributed by atoms with Gasteiger partial charge >= 0.3 is 0 Å². The summed E-state index contributed by atoms with van der Waals surface area (Å²) in [5.41, 5.74) is 5.90. The Balaban J connectivity index is 1.72. The van der Waals surface area contributed by atoms with Crippen molar-refractivity contribution in [2.75, 3.05) is 26.8 Å². The van der Waals surface area contributed by atoms with E-state index in [1.165, 1.54) is 12.8 Å². The number of rotatable bonds is 6. The van der Waals surface area contributed by atoms with Crippen LogP contribution in [-0.2, 0) is 4.79 Å². The van der Waals surface area contributed by atoms with E-state index in [1.54, 1.807) is 30.2 Å². The zero-order chi connectivity index (χ0) is 17.1. The number of likely N-dealkylation sites (tertiary alicyclic amines) is 1. The summed E-state index contributed by atoms with van der Waals surface area (Å²) in [6, 6.07) is 5.29. The zero-order valence-corrected chi connectivity index (χ0v) is 14.0. The van der Waals surface area contributed by atoms with Crippen molar-refractivity contribution in [3.63, 3.8) is 0 Å². The minimum Gasteiger partial charge on any atom is -0.497 e. The smallest absolute Gasteiger partial charge is 0.257 e. The molecule has 130 valence electrons. The van der Waals surface area contributed by atoms with Crippen molar-refractivity contribution in [2.45, 2.75) is 25.7 Å². The summed E-state index contributed by atoms with van der Waals surface area (Å²) in [4.78, 5) is 25.9. The fourth-order valence-corrected chi connectivity index (χ4v) is 2.96. The van der Waals surface area contributed by atoms with E-state index < -0.39 is 0 Å². The molecule has 1 saturated heterocycles. The maximum atomic E-state index is 12.8. The number of piperidine rings is 1. The lowest BCUT2D eigenvalue weighted by Gasteiger charge is -2.31. The van der Waals surface area contributed by atoms with Gasteiger partial charge < -0.3 is 20.1 Å². The number of nitrogens with zero attached hydrogens (tertiary/aromatic N) is 1. The Morgan fingerprint density at radius 2 is 1.92 bits per heavy atom. The minimum absolute atomic E-state index is 0.0635. The summed E-state index contributed by atoms with van der Waals surface area (Å²) < 4.78 is 11.1. The summed E-state index contributed by atoms with van der Waals surface area (Å²) >= 11 is 0. The Kier molecular flexibility index (Phi) is 4.92. The summed E-state index contributed by atoms with van der Waals surface area (Å²) in [6.07, 6.45) is 3.62. The Morgan fingerprint density at radius 1 is 1.21 bits per heavy atom. The number of primary amides is 1. The van der Waals surface area contributed by atoms with Gasteiger partial charge in [-0.15, -0.1) is 0 Å². The highest BCUT2D eigenvalue weighted by molar-refractivity contribution is 5.97. The normalized spacial score (nSPS) is 18.3. The molecule has 0 unspecified atom stereocenters. The SMILES string of the molecule is COc1ccc(C(=O)N2CCC(C(N)=O)CC2)c(OCC2CC2)c1. The standard InChI is InChI=1S/C18H24N2O4/c1-23-14-4-5-15(16(10-14)24-11-12-2-3-12)18(22)20-8-6-13(7-9-20)17(19)21/h4-5,10,12-13H,2-3,6-9,11H2,1H3,(H2,19,21). The first kappa shape index (κ1) is 16.6. The molecule has 0 bridgehead atoms. The number of nitrogens with two attached hydrogens (primary N) is 1. The van der Waals surface area contributed by atoms with Crippen LogP contribution in [0, 0.1) is 11.8 Å². The monoisotopic (exact) mass is 332 g/mol. The Bertz CT molecular complexity index is 619. The number of benzene rings is 1. The first-order valence-corrected chi connectivity index (χ1v) is 8.48. The lowest BCUT2D eigenvalue weighted by molar-refractivity contribution is -0.123. The quantitative estimate of drug-likeness (QED) is 0.861. The van der Waals surface area contributed by atoms with Gasteiger partial charge in [0.15, 0.2) is 0 Å². The van der Waals surface area contributed by atoms with Crippen molar-refractivity contribution in [1.82, 2.24) is 4.90 Å². The predicted octanol–water partition coefficient (Wildman–Crippen LogP) is 1.82. The van der Waals surface area contributed by atoms with Crippen molar-refractivity contribution in [2.24, 2.45) is 17.6 Å². The molecule has 24 heavy (non-hydrogen) atoms. The molecule has 1 aromatic carbocycles. The Hall–Kier alpha value is -2.24. The van der Waals surface area contributed by atoms with Gasteiger partial charge in [0.25, 0.3) is 5.91 Å². The molecule has 2 aliphatic rings. The second-order valence-electron chi connectivity index (χ2n) is 6.59. The maximum Gasteiger partial charge on any atom is 0.257 e. The Labute approximate surface area is 141 Å². The second-order valence-corrected chi connectivity index (χ2v) is 6.59. The molecule has 0 radical (unpaired) electrons. The average molecular weight is 332 g/mol. The maximum absolute atomic E-state index is 12.8. The summed E-state index contributed by atoms with van der Waals surface area (Å²) in [5, 5.41) is 0. The van der Waals surface area contributed by atoms with Gasteiger partial charge in [0.1, 0.15) is 11.5 Å². The highest BCUT2D eigenvalue weighted by atomic mass is 16.5. The van der Waals surface area contributed by atoms with Gasteiger partial charge in [0, 0.05) is 25.1 Å². The topological polar surface area (TPSA) is 81.9 Å². The molecule has 2 amide bonds. The molecular formula is C18H24N2O4. The van der Waals surface area contributed by atoms with E-state index in [0.29, 0.717) is 55.5 Å². The number of amides is 2. The van der Waals surface area contributed by atoms with Gasteiger partial charge in [0.2, 0.25) is 5.91 Å². The van der Waals surface area contributed by atoms with Crippen LogP contribution in [0.5, 0.6) is 11.5 Å². The lowest BCUT2D eigenvalue weighted by atomic mass is 9.96. The molecule has 1 aliphatic carbocycles. The van der Waals surface area contributed by atoms with Gasteiger partial charge in [-0.05, 0) is 43.7 Å². The Morgan fingerprint density at radius 3 is 2.50 bits per heavy atom. The molecule has 6 nitrogen and oxygen atoms in total. The van der Waals surface area contributed by atoms with Crippen molar-refractivity contribution >= 4 is 11.8 Å². The van der Waals surface area contributed by atoms with Gasteiger partial charge in [-0.1, -0.05) is 0 Å². The molecule has 1 aromatic rings. The van der Waals surface area contributed by atoms with Crippen molar-refractivity contribution in [1.29, 1.82) is 0 Å². The van der Waals surface area contributed by atoms with E-state index in [1.807, 2.05) is 0 Å². The number of hydrogen-bond acceptors (Lipinski definition) is 4. The van der Waals surface area contributed by atoms with E-state index in [0.717, 1.165) is 0 Å². The van der Waals surface area contributed by atoms with Crippen LogP contribution in [0.4, 0.5) is 0 Å². The van der Waals surface area contributed by atoms with Crippen LogP contribution in [0.2, 0.25) is 0 Å². The fraction of sp³-hybridized carbons (Fsp3) is 0.556. The fourth-order valence-electron chi connectivity index (χ4n) is 2.96. The largest absolute Gasteiger partial charge is 0.497 e. The molecule has 1 saturated carbocycles. The lowest BCUT2D eigenvalue weighted by Crippen LogP contribution is -2.41. The van der Waals surface area contributed by atoms with Crippen LogP contribution in [0.1, 0.15) is 36.0 Å². The third-order valence-electron chi connectivity index (χ3n) is 4.78. The number of carbonyl (C=O) groups is 2. The first-order valence-electron chi connectivity index (χ1n) is 8.48. The van der Waals surface area contributed by atoms with Gasteiger partial charge in [-0.3, -0.25) is 9.59 Å². The molecule has 0 spiro atoms. The van der Waals surface area contributed by atoms with E-state index in [-0.39, 0.29) is 17.7 Å². The summed E-state index contributed by atoms with van der Waals surface area (Å²) in [6.45, 7) is 1.72. The number of ether oxygens (including phenoxy) is 2. The number of carbonyl (C=O) groups excluding carboxylic acids is 2. The number of hydrogen-bond donors (Lipinski definition) is 1. The summed E-state index contributed by atoms with van der Waals surface area (Å²) in [5.74, 6) is 1.38. The second kappa shape index (κ2) is 7.11. The van der Waals surface area contributed by atoms with Gasteiger partial charge in [-0.2, -0.15) is 0 Å². The third kappa shape index (κ3) is 3.80. The molecule has 0 aromatic heterocycles. The first-order chi connectivity index (χ1) is 11.6. The molecular weight excluding hydrogens is 308 g/mol. The van der Waals surface area contributed by atoms with Crippen LogP contribution in [0.25, 0.3) is 0 Å².